The molecule has 2 rings (SSSR count). The van der Waals surface area contributed by atoms with Gasteiger partial charge < -0.3 is 5.32 Å². The average Bonchev–Trinajstić information content (AvgIpc) is 2.53. The van der Waals surface area contributed by atoms with Crippen molar-refractivity contribution in [2.75, 3.05) is 6.54 Å². The smallest absolute Gasteiger partial charge is 0.240 e. The van der Waals surface area contributed by atoms with Crippen molar-refractivity contribution >= 4 is 12.0 Å². The first-order valence-corrected chi connectivity index (χ1v) is 7.18. The number of hydrogen-bond acceptors (Lipinski definition) is 2. The largest absolute Gasteiger partial charge is 0.351 e. The molecule has 104 valence electrons. The number of benzene rings is 1. The van der Waals surface area contributed by atoms with Crippen LogP contribution >= 0.6 is 0 Å². The molecular weight excluding hydrogens is 248 g/mol. The van der Waals surface area contributed by atoms with Gasteiger partial charge in [-0.15, -0.1) is 0 Å². The van der Waals surface area contributed by atoms with E-state index < -0.39 is 5.41 Å². The van der Waals surface area contributed by atoms with Crippen LogP contribution in [0.25, 0.3) is 6.08 Å². The molecule has 20 heavy (non-hydrogen) atoms. The Balaban J connectivity index is 1.86. The van der Waals surface area contributed by atoms with Crippen molar-refractivity contribution in [1.29, 1.82) is 5.26 Å². The summed E-state index contributed by atoms with van der Waals surface area (Å²) in [5, 5.41) is 12.2. The first-order chi connectivity index (χ1) is 9.77. The lowest BCUT2D eigenvalue weighted by molar-refractivity contribution is -0.129. The molecule has 0 atom stereocenters. The highest BCUT2D eigenvalue weighted by Gasteiger charge is 2.39. The van der Waals surface area contributed by atoms with Crippen molar-refractivity contribution in [3.8, 4) is 6.07 Å². The molecule has 0 unspecified atom stereocenters. The van der Waals surface area contributed by atoms with Gasteiger partial charge in [-0.05, 0) is 18.4 Å². The van der Waals surface area contributed by atoms with Gasteiger partial charge in [-0.1, -0.05) is 61.7 Å². The van der Waals surface area contributed by atoms with Gasteiger partial charge in [0, 0.05) is 6.54 Å². The Bertz CT molecular complexity index is 508. The van der Waals surface area contributed by atoms with Crippen LogP contribution in [-0.2, 0) is 4.79 Å². The second-order valence-corrected chi connectivity index (χ2v) is 5.28. The van der Waals surface area contributed by atoms with E-state index in [0.29, 0.717) is 19.4 Å². The van der Waals surface area contributed by atoms with Crippen LogP contribution < -0.4 is 5.32 Å². The Morgan fingerprint density at radius 2 is 1.95 bits per heavy atom. The van der Waals surface area contributed by atoms with Crippen LogP contribution in [0.2, 0.25) is 0 Å². The SMILES string of the molecule is N#CC1(C(=O)NCC=Cc2ccccc2)CCCCC1. The number of hydrogen-bond donors (Lipinski definition) is 1. The van der Waals surface area contributed by atoms with E-state index in [2.05, 4.69) is 11.4 Å². The molecule has 1 amide bonds. The van der Waals surface area contributed by atoms with Crippen LogP contribution in [0, 0.1) is 16.7 Å². The highest BCUT2D eigenvalue weighted by molar-refractivity contribution is 5.85. The topological polar surface area (TPSA) is 52.9 Å². The lowest BCUT2D eigenvalue weighted by atomic mass is 9.74. The predicted octanol–water partition coefficient (Wildman–Crippen LogP) is 3.29. The Morgan fingerprint density at radius 1 is 1.25 bits per heavy atom. The minimum absolute atomic E-state index is 0.114. The van der Waals surface area contributed by atoms with Crippen LogP contribution in [0.5, 0.6) is 0 Å². The van der Waals surface area contributed by atoms with Crippen LogP contribution in [0.4, 0.5) is 0 Å². The third-order valence-electron chi connectivity index (χ3n) is 3.85. The molecule has 0 radical (unpaired) electrons. The highest BCUT2D eigenvalue weighted by atomic mass is 16.2. The van der Waals surface area contributed by atoms with Gasteiger partial charge in [0.2, 0.25) is 5.91 Å². The molecule has 0 aromatic heterocycles. The molecule has 0 spiro atoms. The van der Waals surface area contributed by atoms with Crippen molar-refractivity contribution < 1.29 is 4.79 Å². The van der Waals surface area contributed by atoms with Gasteiger partial charge in [-0.3, -0.25) is 4.79 Å². The molecule has 1 N–H and O–H groups in total. The van der Waals surface area contributed by atoms with E-state index in [4.69, 9.17) is 0 Å². The second kappa shape index (κ2) is 6.91. The number of carbonyl (C=O) groups is 1. The maximum absolute atomic E-state index is 12.2. The van der Waals surface area contributed by atoms with Gasteiger partial charge in [0.15, 0.2) is 0 Å². The van der Waals surface area contributed by atoms with Crippen LogP contribution in [-0.4, -0.2) is 12.5 Å². The Labute approximate surface area is 120 Å². The maximum Gasteiger partial charge on any atom is 0.240 e. The lowest BCUT2D eigenvalue weighted by Gasteiger charge is -2.28. The summed E-state index contributed by atoms with van der Waals surface area (Å²) >= 11 is 0. The monoisotopic (exact) mass is 268 g/mol. The third kappa shape index (κ3) is 3.48. The van der Waals surface area contributed by atoms with E-state index in [1.54, 1.807) is 0 Å². The molecule has 1 saturated carbocycles. The normalized spacial score (nSPS) is 17.6. The zero-order valence-electron chi connectivity index (χ0n) is 11.6. The number of amides is 1. The van der Waals surface area contributed by atoms with E-state index in [-0.39, 0.29) is 5.91 Å². The fourth-order valence-corrected chi connectivity index (χ4v) is 2.62. The molecule has 0 aliphatic heterocycles. The molecule has 0 bridgehead atoms. The lowest BCUT2D eigenvalue weighted by Crippen LogP contribution is -2.41. The van der Waals surface area contributed by atoms with Gasteiger partial charge in [-0.25, -0.2) is 0 Å². The van der Waals surface area contributed by atoms with Crippen LogP contribution in [0.3, 0.4) is 0 Å². The molecule has 3 nitrogen and oxygen atoms in total. The summed E-state index contributed by atoms with van der Waals surface area (Å²) in [6.45, 7) is 0.469. The zero-order chi connectivity index (χ0) is 14.3. The van der Waals surface area contributed by atoms with Crippen LogP contribution in [0.15, 0.2) is 36.4 Å². The van der Waals surface area contributed by atoms with E-state index in [1.807, 2.05) is 42.5 Å². The molecule has 1 aromatic carbocycles. The van der Waals surface area contributed by atoms with E-state index in [1.165, 1.54) is 0 Å². The summed E-state index contributed by atoms with van der Waals surface area (Å²) in [4.78, 5) is 12.2. The number of nitrogens with one attached hydrogen (secondary N) is 1. The molecule has 3 heteroatoms. The van der Waals surface area contributed by atoms with Crippen molar-refractivity contribution in [2.24, 2.45) is 5.41 Å². The number of rotatable bonds is 4. The second-order valence-electron chi connectivity index (χ2n) is 5.28. The number of nitrogens with zero attached hydrogens (tertiary/aromatic N) is 1. The number of carbonyl (C=O) groups excluding carboxylic acids is 1. The van der Waals surface area contributed by atoms with Crippen molar-refractivity contribution in [3.63, 3.8) is 0 Å². The van der Waals surface area contributed by atoms with Gasteiger partial charge in [0.25, 0.3) is 0 Å². The quantitative estimate of drug-likeness (QED) is 0.911. The first-order valence-electron chi connectivity index (χ1n) is 7.18. The van der Waals surface area contributed by atoms with E-state index >= 15 is 0 Å². The molecule has 0 heterocycles. The predicted molar refractivity (Wildman–Crippen MR) is 79.6 cm³/mol. The summed E-state index contributed by atoms with van der Waals surface area (Å²) < 4.78 is 0. The maximum atomic E-state index is 12.2. The first kappa shape index (κ1) is 14.3. The molecular formula is C17H20N2O. The zero-order valence-corrected chi connectivity index (χ0v) is 11.6. The molecule has 0 saturated heterocycles. The van der Waals surface area contributed by atoms with E-state index in [0.717, 1.165) is 24.8 Å². The molecule has 1 aliphatic carbocycles. The van der Waals surface area contributed by atoms with E-state index in [9.17, 15) is 10.1 Å². The summed E-state index contributed by atoms with van der Waals surface area (Å²) in [6.07, 6.45) is 8.35. The van der Waals surface area contributed by atoms with Crippen molar-refractivity contribution in [1.82, 2.24) is 5.32 Å². The van der Waals surface area contributed by atoms with Crippen molar-refractivity contribution in [2.45, 2.75) is 32.1 Å². The minimum atomic E-state index is -0.793. The fourth-order valence-electron chi connectivity index (χ4n) is 2.62. The summed E-state index contributed by atoms with van der Waals surface area (Å²) in [6, 6.07) is 12.2. The summed E-state index contributed by atoms with van der Waals surface area (Å²) in [7, 11) is 0. The molecule has 1 aromatic rings. The number of nitriles is 1. The standard InChI is InChI=1S/C17H20N2O/c18-14-17(11-5-2-6-12-17)16(20)19-13-7-10-15-8-3-1-4-9-15/h1,3-4,7-10H,2,5-6,11-13H2,(H,19,20). The third-order valence-corrected chi connectivity index (χ3v) is 3.85. The summed E-state index contributed by atoms with van der Waals surface area (Å²) in [5.41, 5.74) is 0.313. The highest BCUT2D eigenvalue weighted by Crippen LogP contribution is 2.35. The van der Waals surface area contributed by atoms with Gasteiger partial charge >= 0.3 is 0 Å². The Hall–Kier alpha value is -2.08. The van der Waals surface area contributed by atoms with Crippen molar-refractivity contribution in [3.05, 3.63) is 42.0 Å². The minimum Gasteiger partial charge on any atom is -0.351 e. The fraction of sp³-hybridized carbons (Fsp3) is 0.412. The summed E-state index contributed by atoms with van der Waals surface area (Å²) in [5.74, 6) is -0.114. The average molecular weight is 268 g/mol. The Kier molecular flexibility index (Phi) is 4.95. The molecule has 1 aliphatic rings. The Morgan fingerprint density at radius 3 is 2.60 bits per heavy atom. The van der Waals surface area contributed by atoms with Gasteiger partial charge in [0.05, 0.1) is 6.07 Å². The van der Waals surface area contributed by atoms with Gasteiger partial charge in [-0.2, -0.15) is 5.26 Å². The van der Waals surface area contributed by atoms with Gasteiger partial charge in [0.1, 0.15) is 5.41 Å². The van der Waals surface area contributed by atoms with Crippen LogP contribution in [0.1, 0.15) is 37.7 Å². The molecule has 1 fully saturated rings.